The molecule has 8 nitrogen and oxygen atoms in total. The molecule has 7 aromatic rings. The minimum atomic E-state index is -1.08. The molecule has 64 heavy (non-hydrogen) atoms. The molecular weight excluding hydrogens is 980 g/mol. The number of nitrogens with one attached hydrogen (secondary N) is 2. The largest absolute Gasteiger partial charge is 0.366 e. The third-order valence-electron chi connectivity index (χ3n) is 11.7. The van der Waals surface area contributed by atoms with Crippen LogP contribution >= 0.6 is 92.8 Å². The molecule has 0 fully saturated rings. The Kier molecular flexibility index (Phi) is 13.3. The van der Waals surface area contributed by atoms with Crippen molar-refractivity contribution in [3.8, 4) is 0 Å². The van der Waals surface area contributed by atoms with Gasteiger partial charge in [-0.2, -0.15) is 0 Å². The van der Waals surface area contributed by atoms with E-state index in [2.05, 4.69) is 10.6 Å². The fourth-order valence-electron chi connectivity index (χ4n) is 8.83. The monoisotopic (exact) mass is 1020 g/mol. The topological polar surface area (TPSA) is 144 Å². The van der Waals surface area contributed by atoms with Gasteiger partial charge in [0.15, 0.2) is 0 Å². The number of primary amides is 2. The molecule has 0 aliphatic heterocycles. The molecule has 4 amide bonds. The van der Waals surface area contributed by atoms with E-state index in [1.807, 2.05) is 91.8 Å². The molecule has 16 heteroatoms. The van der Waals surface area contributed by atoms with E-state index >= 15 is 9.59 Å². The first kappa shape index (κ1) is 48.0. The van der Waals surface area contributed by atoms with Gasteiger partial charge in [-0.25, -0.2) is 0 Å². The molecule has 0 aliphatic carbocycles. The third kappa shape index (κ3) is 7.37. The van der Waals surface area contributed by atoms with Crippen molar-refractivity contribution in [2.24, 2.45) is 11.5 Å². The number of carbonyl (C=O) groups excluding carboxylic acids is 4. The highest BCUT2D eigenvalue weighted by molar-refractivity contribution is 6.62. The van der Waals surface area contributed by atoms with Crippen LogP contribution in [0.2, 0.25) is 40.2 Å². The van der Waals surface area contributed by atoms with Gasteiger partial charge in [0.1, 0.15) is 0 Å². The van der Waals surface area contributed by atoms with Gasteiger partial charge < -0.3 is 22.1 Å². The highest BCUT2D eigenvalue weighted by Crippen LogP contribution is 2.58. The average molecular weight is 1020 g/mol. The highest BCUT2D eigenvalue weighted by atomic mass is 35.5. The van der Waals surface area contributed by atoms with Gasteiger partial charge >= 0.3 is 0 Å². The number of amides is 4. The summed E-state index contributed by atoms with van der Waals surface area (Å²) in [6.45, 7) is 16.0. The summed E-state index contributed by atoms with van der Waals surface area (Å²) in [5.74, 6) is -3.76. The summed E-state index contributed by atoms with van der Waals surface area (Å²) in [6.07, 6.45) is 0. The summed E-state index contributed by atoms with van der Waals surface area (Å²) in [5, 5.41) is 3.69. The second kappa shape index (κ2) is 17.7. The van der Waals surface area contributed by atoms with E-state index in [0.717, 1.165) is 22.3 Å². The predicted molar refractivity (Wildman–Crippen MR) is 270 cm³/mol. The quantitative estimate of drug-likeness (QED) is 0.0799. The zero-order valence-corrected chi connectivity index (χ0v) is 41.6. The van der Waals surface area contributed by atoms with Crippen molar-refractivity contribution in [3.05, 3.63) is 121 Å². The predicted octanol–water partition coefficient (Wildman–Crippen LogP) is 16.2. The molecule has 332 valence electrons. The van der Waals surface area contributed by atoms with Crippen LogP contribution in [0.1, 0.15) is 143 Å². The molecule has 7 aromatic carbocycles. The molecule has 6 N–H and O–H groups in total. The van der Waals surface area contributed by atoms with E-state index in [-0.39, 0.29) is 118 Å². The molecule has 0 bridgehead atoms. The van der Waals surface area contributed by atoms with Gasteiger partial charge in [-0.05, 0) is 45.9 Å². The fourth-order valence-corrected chi connectivity index (χ4v) is 11.1. The van der Waals surface area contributed by atoms with Crippen LogP contribution in [0, 0.1) is 0 Å². The molecule has 0 aliphatic rings. The summed E-state index contributed by atoms with van der Waals surface area (Å²) in [6, 6.07) is 11.5. The van der Waals surface area contributed by atoms with Crippen LogP contribution in [0.15, 0.2) is 36.4 Å². The lowest BCUT2D eigenvalue weighted by Gasteiger charge is -2.26. The number of benzene rings is 7. The van der Waals surface area contributed by atoms with Crippen molar-refractivity contribution in [1.29, 1.82) is 0 Å². The summed E-state index contributed by atoms with van der Waals surface area (Å²) in [7, 11) is 0. The summed E-state index contributed by atoms with van der Waals surface area (Å²) < 4.78 is 0. The standard InChI is InChI=1S/C48H40Cl8N4O4/c1-15(2)19-11-9-12-20(16(3)4)43(19)59-47(63)33-26-24-29(37(51)41(33)55)27-23-25(31(45(57)61)39(53)35(27)49)32(46(58)62)40(54)36(50)28(23)30(24)38(52)42(56)34(26)48(64)60-44-21(17(5)6)13-10-14-22(44)18(7)8/h9-18H,1-8H3,(H2,57,61)(H2,58,62)(H,59,63)(H,60,64). The van der Waals surface area contributed by atoms with Crippen molar-refractivity contribution in [2.45, 2.75) is 79.1 Å². The highest BCUT2D eigenvalue weighted by Gasteiger charge is 2.37. The summed E-state index contributed by atoms with van der Waals surface area (Å²) in [4.78, 5) is 57.2. The average Bonchev–Trinajstić information content (AvgIpc) is 3.21. The van der Waals surface area contributed by atoms with E-state index in [1.54, 1.807) is 0 Å². The molecule has 0 unspecified atom stereocenters. The Balaban J connectivity index is 1.77. The molecule has 0 radical (unpaired) electrons. The fraction of sp³-hybridized carbons (Fsp3) is 0.250. The first-order chi connectivity index (χ1) is 30.0. The van der Waals surface area contributed by atoms with E-state index < -0.39 is 34.8 Å². The molecule has 0 heterocycles. The number of para-hydroxylation sites is 2. The molecule has 7 rings (SSSR count). The van der Waals surface area contributed by atoms with Crippen molar-refractivity contribution < 1.29 is 19.2 Å². The smallest absolute Gasteiger partial charge is 0.257 e. The Hall–Kier alpha value is -3.96. The van der Waals surface area contributed by atoms with Crippen molar-refractivity contribution in [1.82, 2.24) is 0 Å². The Morgan fingerprint density at radius 1 is 0.375 bits per heavy atom. The maximum Gasteiger partial charge on any atom is 0.257 e. The molecule has 0 spiro atoms. The maximum absolute atomic E-state index is 15.4. The zero-order valence-electron chi connectivity index (χ0n) is 35.6. The lowest BCUT2D eigenvalue weighted by Crippen LogP contribution is -2.21. The van der Waals surface area contributed by atoms with Crippen molar-refractivity contribution in [2.75, 3.05) is 10.6 Å². The maximum atomic E-state index is 15.4. The van der Waals surface area contributed by atoms with Gasteiger partial charge in [-0.3, -0.25) is 19.2 Å². The third-order valence-corrected chi connectivity index (χ3v) is 15.1. The normalized spacial score (nSPS) is 12.1. The van der Waals surface area contributed by atoms with Crippen LogP contribution in [0.5, 0.6) is 0 Å². The van der Waals surface area contributed by atoms with Crippen LogP contribution in [-0.4, -0.2) is 23.6 Å². The molecular formula is C48H40Cl8N4O4. The second-order valence-corrected chi connectivity index (χ2v) is 19.9. The van der Waals surface area contributed by atoms with E-state index in [4.69, 9.17) is 104 Å². The van der Waals surface area contributed by atoms with Gasteiger partial charge in [-0.15, -0.1) is 0 Å². The number of rotatable bonds is 10. The van der Waals surface area contributed by atoms with Crippen LogP contribution in [0.25, 0.3) is 43.1 Å². The Morgan fingerprint density at radius 3 is 0.844 bits per heavy atom. The lowest BCUT2D eigenvalue weighted by molar-refractivity contribution is 0.0996. The number of anilines is 2. The minimum absolute atomic E-state index is 0.00309. The van der Waals surface area contributed by atoms with E-state index in [0.29, 0.717) is 11.4 Å². The number of hydrogen-bond acceptors (Lipinski definition) is 4. The Labute approximate surface area is 409 Å². The Morgan fingerprint density at radius 2 is 0.609 bits per heavy atom. The second-order valence-electron chi connectivity index (χ2n) is 16.9. The van der Waals surface area contributed by atoms with Gasteiger partial charge in [0.25, 0.3) is 23.6 Å². The van der Waals surface area contributed by atoms with Crippen LogP contribution < -0.4 is 22.1 Å². The molecule has 0 saturated carbocycles. The zero-order chi connectivity index (χ0) is 47.3. The van der Waals surface area contributed by atoms with Crippen molar-refractivity contribution in [3.63, 3.8) is 0 Å². The van der Waals surface area contributed by atoms with Crippen LogP contribution in [0.3, 0.4) is 0 Å². The van der Waals surface area contributed by atoms with Crippen LogP contribution in [-0.2, 0) is 0 Å². The summed E-state index contributed by atoms with van der Waals surface area (Å²) >= 11 is 57.6. The summed E-state index contributed by atoms with van der Waals surface area (Å²) in [5.41, 5.74) is 15.0. The minimum Gasteiger partial charge on any atom is -0.366 e. The first-order valence-corrected chi connectivity index (χ1v) is 23.2. The van der Waals surface area contributed by atoms with Crippen LogP contribution in [0.4, 0.5) is 11.4 Å². The molecule has 0 saturated heterocycles. The number of halogens is 8. The van der Waals surface area contributed by atoms with Gasteiger partial charge in [-0.1, -0.05) is 185 Å². The van der Waals surface area contributed by atoms with Crippen molar-refractivity contribution >= 4 is 171 Å². The first-order valence-electron chi connectivity index (χ1n) is 20.2. The van der Waals surface area contributed by atoms with Gasteiger partial charge in [0, 0.05) is 54.5 Å². The SMILES string of the molecule is CC(C)c1cccc(C(C)C)c1NC(=O)c1c(Cl)c(Cl)c2c3c(Cl)c(Cl)c(C(N)=O)c4c(C(N)=O)c(Cl)c(Cl)c(c5c(Cl)c(Cl)c(C(=O)Nc6c(C(C)C)cccc6C(C)C)c1c25)c43. The molecule has 0 aromatic heterocycles. The van der Waals surface area contributed by atoms with Gasteiger partial charge in [0.05, 0.1) is 62.4 Å². The van der Waals surface area contributed by atoms with E-state index in [9.17, 15) is 9.59 Å². The number of carbonyl (C=O) groups is 4. The molecule has 0 atom stereocenters. The Bertz CT molecular complexity index is 2960. The van der Waals surface area contributed by atoms with E-state index in [1.165, 1.54) is 0 Å². The number of nitrogens with two attached hydrogens (primary N) is 2. The lowest BCUT2D eigenvalue weighted by atomic mass is 9.83. The number of hydrogen-bond donors (Lipinski definition) is 4. The van der Waals surface area contributed by atoms with Gasteiger partial charge in [0.2, 0.25) is 0 Å². The number of fused-ring (bicyclic) bond motifs is 2.